The summed E-state index contributed by atoms with van der Waals surface area (Å²) in [6.45, 7) is 3.86. The van der Waals surface area contributed by atoms with Crippen molar-refractivity contribution < 1.29 is 19.0 Å². The Kier molecular flexibility index (Phi) is 11.0. The molecule has 158 valence electrons. The molecule has 2 aromatic rings. The fourth-order valence-corrected chi connectivity index (χ4v) is 3.60. The summed E-state index contributed by atoms with van der Waals surface area (Å²) in [5.41, 5.74) is 2.34. The van der Waals surface area contributed by atoms with Crippen LogP contribution in [0.2, 0.25) is 0 Å². The molecule has 0 fully saturated rings. The maximum absolute atomic E-state index is 10.7. The predicted octanol–water partition coefficient (Wildman–Crippen LogP) is 5.32. The van der Waals surface area contributed by atoms with Gasteiger partial charge >= 0.3 is 5.97 Å². The lowest BCUT2D eigenvalue weighted by molar-refractivity contribution is -0.697. The Morgan fingerprint density at radius 2 is 1.10 bits per heavy atom. The maximum atomic E-state index is 10.7. The highest BCUT2D eigenvalue weighted by Crippen LogP contribution is 2.16. The van der Waals surface area contributed by atoms with Gasteiger partial charge in [-0.3, -0.25) is 4.79 Å². The van der Waals surface area contributed by atoms with Crippen molar-refractivity contribution in [2.24, 2.45) is 0 Å². The average molecular weight is 399 g/mol. The molecule has 0 radical (unpaired) electrons. The number of hydrogen-bond donors (Lipinski definition) is 1. The number of aryl methyl sites for hydroxylation is 2. The third-order valence-corrected chi connectivity index (χ3v) is 5.47. The fourth-order valence-electron chi connectivity index (χ4n) is 3.60. The lowest BCUT2D eigenvalue weighted by Gasteiger charge is -2.03. The van der Waals surface area contributed by atoms with E-state index < -0.39 is 5.97 Å². The predicted molar refractivity (Wildman–Crippen MR) is 116 cm³/mol. The minimum Gasteiger partial charge on any atom is -0.481 e. The standard InChI is InChI=1S/C25H37N2O2/c1-2-3-4-5-6-7-8-9-10-11-17-26-18-12-23(13-19-26)24-14-20-27(21-15-24)22-16-25(28)29/h12-15,18-21H,2-11,16-17,22H2,1H3/q+1/p+1. The van der Waals surface area contributed by atoms with Crippen LogP contribution in [0.1, 0.15) is 77.6 Å². The molecule has 0 amide bonds. The molecule has 1 N–H and O–H groups in total. The summed E-state index contributed by atoms with van der Waals surface area (Å²) in [7, 11) is 0. The number of carboxylic acid groups (broad SMARTS) is 1. The highest BCUT2D eigenvalue weighted by atomic mass is 16.4. The van der Waals surface area contributed by atoms with Crippen LogP contribution in [0.4, 0.5) is 0 Å². The Bertz CT molecular complexity index is 696. The van der Waals surface area contributed by atoms with E-state index in [0.29, 0.717) is 6.54 Å². The van der Waals surface area contributed by atoms with Crippen LogP contribution in [0.5, 0.6) is 0 Å². The van der Waals surface area contributed by atoms with Gasteiger partial charge in [-0.2, -0.15) is 0 Å². The van der Waals surface area contributed by atoms with E-state index in [9.17, 15) is 4.79 Å². The number of carboxylic acids is 1. The van der Waals surface area contributed by atoms with Gasteiger partial charge in [0.05, 0.1) is 0 Å². The molecule has 2 heterocycles. The van der Waals surface area contributed by atoms with Crippen LogP contribution in [0, 0.1) is 0 Å². The number of carbonyl (C=O) groups is 1. The lowest BCUT2D eigenvalue weighted by atomic mass is 10.1. The second-order valence-corrected chi connectivity index (χ2v) is 7.98. The van der Waals surface area contributed by atoms with Gasteiger partial charge in [-0.25, -0.2) is 9.13 Å². The molecule has 0 bridgehead atoms. The van der Waals surface area contributed by atoms with Crippen LogP contribution in [-0.2, 0) is 17.9 Å². The number of nitrogens with zero attached hydrogens (tertiary/aromatic N) is 2. The first kappa shape index (κ1) is 23.1. The van der Waals surface area contributed by atoms with E-state index in [1.54, 1.807) is 0 Å². The first-order valence-electron chi connectivity index (χ1n) is 11.4. The Morgan fingerprint density at radius 1 is 0.690 bits per heavy atom. The zero-order valence-corrected chi connectivity index (χ0v) is 18.1. The summed E-state index contributed by atoms with van der Waals surface area (Å²) in [6, 6.07) is 8.41. The zero-order valence-electron chi connectivity index (χ0n) is 18.1. The number of pyridine rings is 2. The van der Waals surface area contributed by atoms with Gasteiger partial charge in [-0.15, -0.1) is 0 Å². The Balaban J connectivity index is 1.64. The van der Waals surface area contributed by atoms with Crippen molar-refractivity contribution in [1.82, 2.24) is 0 Å². The lowest BCUT2D eigenvalue weighted by Crippen LogP contribution is -2.33. The van der Waals surface area contributed by atoms with Gasteiger partial charge in [-0.1, -0.05) is 58.3 Å². The van der Waals surface area contributed by atoms with Gasteiger partial charge in [-0.05, 0) is 17.5 Å². The number of aromatic nitrogens is 2. The second kappa shape index (κ2) is 13.9. The quantitative estimate of drug-likeness (QED) is 0.326. The first-order chi connectivity index (χ1) is 14.2. The van der Waals surface area contributed by atoms with Gasteiger partial charge in [0, 0.05) is 30.7 Å². The van der Waals surface area contributed by atoms with Crippen molar-refractivity contribution >= 4 is 5.97 Å². The number of aliphatic carboxylic acids is 1. The Hall–Kier alpha value is -2.23. The summed E-state index contributed by atoms with van der Waals surface area (Å²) in [6.07, 6.45) is 22.0. The molecule has 0 saturated carbocycles. The van der Waals surface area contributed by atoms with Crippen LogP contribution in [0.25, 0.3) is 11.1 Å². The summed E-state index contributed by atoms with van der Waals surface area (Å²) in [5.74, 6) is -0.767. The molecule has 0 aliphatic rings. The third-order valence-electron chi connectivity index (χ3n) is 5.47. The Morgan fingerprint density at radius 3 is 1.55 bits per heavy atom. The molecule has 0 aliphatic heterocycles. The van der Waals surface area contributed by atoms with Crippen molar-refractivity contribution in [3.05, 3.63) is 49.1 Å². The van der Waals surface area contributed by atoms with E-state index in [4.69, 9.17) is 5.11 Å². The molecule has 2 aromatic heterocycles. The van der Waals surface area contributed by atoms with Crippen LogP contribution in [0.15, 0.2) is 49.1 Å². The smallest absolute Gasteiger partial charge is 0.309 e. The summed E-state index contributed by atoms with van der Waals surface area (Å²) in [5, 5.41) is 8.77. The second-order valence-electron chi connectivity index (χ2n) is 7.98. The van der Waals surface area contributed by atoms with Crippen LogP contribution in [-0.4, -0.2) is 11.1 Å². The zero-order chi connectivity index (χ0) is 20.7. The molecule has 0 atom stereocenters. The molecule has 0 saturated heterocycles. The third kappa shape index (κ3) is 9.69. The SMILES string of the molecule is CCCCCCCCCCCC[n+]1ccc(-c2cc[n+](CCC(=O)O)cc2)cc1. The summed E-state index contributed by atoms with van der Waals surface area (Å²) in [4.78, 5) is 10.7. The molecule has 0 spiro atoms. The summed E-state index contributed by atoms with van der Waals surface area (Å²) >= 11 is 0. The Labute approximate surface area is 176 Å². The average Bonchev–Trinajstić information content (AvgIpc) is 2.74. The van der Waals surface area contributed by atoms with Crippen LogP contribution in [0.3, 0.4) is 0 Å². The normalized spacial score (nSPS) is 10.9. The number of rotatable bonds is 15. The van der Waals surface area contributed by atoms with E-state index >= 15 is 0 Å². The molecule has 0 aromatic carbocycles. The number of unbranched alkanes of at least 4 members (excludes halogenated alkanes) is 9. The largest absolute Gasteiger partial charge is 0.481 e. The van der Waals surface area contributed by atoms with Crippen molar-refractivity contribution in [3.63, 3.8) is 0 Å². The summed E-state index contributed by atoms with van der Waals surface area (Å²) < 4.78 is 4.18. The van der Waals surface area contributed by atoms with Crippen LogP contribution >= 0.6 is 0 Å². The van der Waals surface area contributed by atoms with Gasteiger partial charge in [0.2, 0.25) is 0 Å². The highest BCUT2D eigenvalue weighted by Gasteiger charge is 2.07. The van der Waals surface area contributed by atoms with Gasteiger partial charge in [0.1, 0.15) is 13.0 Å². The van der Waals surface area contributed by atoms with Gasteiger partial charge in [0.15, 0.2) is 31.3 Å². The van der Waals surface area contributed by atoms with Gasteiger partial charge < -0.3 is 5.11 Å². The van der Waals surface area contributed by atoms with E-state index in [0.717, 1.165) is 12.1 Å². The van der Waals surface area contributed by atoms with E-state index in [-0.39, 0.29) is 6.42 Å². The van der Waals surface area contributed by atoms with Crippen LogP contribution < -0.4 is 9.13 Å². The molecule has 4 heteroatoms. The molecule has 2 rings (SSSR count). The molecule has 0 unspecified atom stereocenters. The molecule has 0 aliphatic carbocycles. The minimum atomic E-state index is -0.767. The molecule has 29 heavy (non-hydrogen) atoms. The molecular weight excluding hydrogens is 360 g/mol. The topological polar surface area (TPSA) is 45.1 Å². The van der Waals surface area contributed by atoms with Crippen molar-refractivity contribution in [2.75, 3.05) is 0 Å². The fraction of sp³-hybridized carbons (Fsp3) is 0.560. The van der Waals surface area contributed by atoms with Crippen molar-refractivity contribution in [3.8, 4) is 11.1 Å². The highest BCUT2D eigenvalue weighted by molar-refractivity contribution is 5.66. The maximum Gasteiger partial charge on any atom is 0.309 e. The molecular formula is C25H38N2O2+2. The van der Waals surface area contributed by atoms with E-state index in [2.05, 4.69) is 36.0 Å². The number of hydrogen-bond acceptors (Lipinski definition) is 1. The van der Waals surface area contributed by atoms with E-state index in [1.165, 1.54) is 69.8 Å². The van der Waals surface area contributed by atoms with Gasteiger partial charge in [0.25, 0.3) is 0 Å². The van der Waals surface area contributed by atoms with Crippen molar-refractivity contribution in [2.45, 2.75) is 90.6 Å². The molecule has 4 nitrogen and oxygen atoms in total. The first-order valence-corrected chi connectivity index (χ1v) is 11.4. The van der Waals surface area contributed by atoms with Crippen molar-refractivity contribution in [1.29, 1.82) is 0 Å². The monoisotopic (exact) mass is 398 g/mol. The minimum absolute atomic E-state index is 0.147. The van der Waals surface area contributed by atoms with E-state index in [1.807, 2.05) is 29.1 Å².